The van der Waals surface area contributed by atoms with Crippen molar-refractivity contribution in [3.05, 3.63) is 28.8 Å². The Morgan fingerprint density at radius 2 is 2.10 bits per heavy atom. The molecule has 3 nitrogen and oxygen atoms in total. The Bertz CT molecular complexity index is 618. The molecule has 0 saturated carbocycles. The minimum Gasteiger partial charge on any atom is -0.310 e. The van der Waals surface area contributed by atoms with E-state index in [-0.39, 0.29) is 22.7 Å². The maximum atomic E-state index is 13.5. The molecule has 0 radical (unpaired) electrons. The van der Waals surface area contributed by atoms with Gasteiger partial charge in [-0.25, -0.2) is 4.79 Å². The SMILES string of the molecule is CCC#C[C@]1(C(F)(F)F)NC(=O)Nc2ccc(Cl)cc21. The predicted octanol–water partition coefficient (Wildman–Crippen LogP) is 3.65. The van der Waals surface area contributed by atoms with Gasteiger partial charge in [-0.1, -0.05) is 24.4 Å². The van der Waals surface area contributed by atoms with Crippen LogP contribution in [0.5, 0.6) is 0 Å². The summed E-state index contributed by atoms with van der Waals surface area (Å²) in [7, 11) is 0. The fourth-order valence-corrected chi connectivity index (χ4v) is 2.11. The van der Waals surface area contributed by atoms with Crippen molar-refractivity contribution in [2.45, 2.75) is 25.1 Å². The maximum Gasteiger partial charge on any atom is 0.427 e. The highest BCUT2D eigenvalue weighted by molar-refractivity contribution is 6.30. The molecule has 2 rings (SSSR count). The van der Waals surface area contributed by atoms with E-state index in [9.17, 15) is 18.0 Å². The monoisotopic (exact) mass is 302 g/mol. The van der Waals surface area contributed by atoms with Gasteiger partial charge in [0.05, 0.1) is 0 Å². The number of carbonyl (C=O) groups is 1. The van der Waals surface area contributed by atoms with Crippen LogP contribution in [-0.4, -0.2) is 12.2 Å². The summed E-state index contributed by atoms with van der Waals surface area (Å²) in [5.41, 5.74) is -2.91. The van der Waals surface area contributed by atoms with Gasteiger partial charge in [-0.3, -0.25) is 0 Å². The van der Waals surface area contributed by atoms with Crippen molar-refractivity contribution < 1.29 is 18.0 Å². The second kappa shape index (κ2) is 4.91. The first-order valence-corrected chi connectivity index (χ1v) is 6.14. The van der Waals surface area contributed by atoms with E-state index in [0.29, 0.717) is 0 Å². The van der Waals surface area contributed by atoms with Crippen LogP contribution in [0.15, 0.2) is 18.2 Å². The summed E-state index contributed by atoms with van der Waals surface area (Å²) >= 11 is 5.77. The molecule has 0 unspecified atom stereocenters. The second-order valence-electron chi connectivity index (χ2n) is 4.17. The molecule has 1 aliphatic heterocycles. The molecule has 0 saturated heterocycles. The van der Waals surface area contributed by atoms with E-state index in [1.165, 1.54) is 12.1 Å². The van der Waals surface area contributed by atoms with Crippen LogP contribution in [0.1, 0.15) is 18.9 Å². The van der Waals surface area contributed by atoms with Gasteiger partial charge in [0.25, 0.3) is 0 Å². The summed E-state index contributed by atoms with van der Waals surface area (Å²) in [4.78, 5) is 11.5. The van der Waals surface area contributed by atoms with Crippen molar-refractivity contribution in [1.82, 2.24) is 5.32 Å². The van der Waals surface area contributed by atoms with E-state index >= 15 is 0 Å². The van der Waals surface area contributed by atoms with Crippen LogP contribution in [0.2, 0.25) is 5.02 Å². The van der Waals surface area contributed by atoms with Crippen LogP contribution in [0.3, 0.4) is 0 Å². The highest BCUT2D eigenvalue weighted by Gasteiger charge is 2.59. The summed E-state index contributed by atoms with van der Waals surface area (Å²) in [5.74, 6) is 4.52. The molecule has 0 spiro atoms. The number of anilines is 1. The summed E-state index contributed by atoms with van der Waals surface area (Å²) in [6.45, 7) is 1.62. The third-order valence-corrected chi connectivity index (χ3v) is 3.05. The standard InChI is InChI=1S/C13H10ClF3N2O/c1-2-3-6-12(13(15,16)17)9-7-8(14)4-5-10(9)18-11(20)19-12/h4-5,7H,2H2,1H3,(H2,18,19,20)/t12-/m0/s1. The average molecular weight is 303 g/mol. The third kappa shape index (κ3) is 2.29. The number of nitrogens with one attached hydrogen (secondary N) is 2. The molecule has 7 heteroatoms. The Morgan fingerprint density at radius 3 is 2.70 bits per heavy atom. The lowest BCUT2D eigenvalue weighted by molar-refractivity contribution is -0.178. The number of amides is 2. The summed E-state index contributed by atoms with van der Waals surface area (Å²) < 4.78 is 40.5. The molecule has 20 heavy (non-hydrogen) atoms. The number of halogens is 4. The van der Waals surface area contributed by atoms with Gasteiger partial charge in [-0.2, -0.15) is 13.2 Å². The Kier molecular flexibility index (Phi) is 3.57. The number of hydrogen-bond donors (Lipinski definition) is 2. The Morgan fingerprint density at radius 1 is 1.40 bits per heavy atom. The molecule has 0 aliphatic carbocycles. The molecule has 1 aromatic rings. The number of rotatable bonds is 0. The largest absolute Gasteiger partial charge is 0.427 e. The molecule has 2 amide bonds. The van der Waals surface area contributed by atoms with Gasteiger partial charge in [0, 0.05) is 22.7 Å². The molecule has 0 bridgehead atoms. The fraction of sp³-hybridized carbons (Fsp3) is 0.308. The maximum absolute atomic E-state index is 13.5. The van der Waals surface area contributed by atoms with Crippen LogP contribution >= 0.6 is 11.6 Å². The third-order valence-electron chi connectivity index (χ3n) is 2.81. The highest BCUT2D eigenvalue weighted by atomic mass is 35.5. The van der Waals surface area contributed by atoms with E-state index in [1.807, 2.05) is 5.32 Å². The fourth-order valence-electron chi connectivity index (χ4n) is 1.94. The molecular formula is C13H10ClF3N2O. The lowest BCUT2D eigenvalue weighted by Gasteiger charge is -2.37. The number of hydrogen-bond acceptors (Lipinski definition) is 1. The Hall–Kier alpha value is -1.87. The van der Waals surface area contributed by atoms with E-state index in [2.05, 4.69) is 17.2 Å². The molecule has 2 N–H and O–H groups in total. The Balaban J connectivity index is 2.75. The van der Waals surface area contributed by atoms with Crippen molar-refractivity contribution in [3.8, 4) is 11.8 Å². The first-order chi connectivity index (χ1) is 9.30. The lowest BCUT2D eigenvalue weighted by Crippen LogP contribution is -2.59. The molecular weight excluding hydrogens is 293 g/mol. The molecule has 1 heterocycles. The van der Waals surface area contributed by atoms with Gasteiger partial charge in [0.1, 0.15) is 0 Å². The molecule has 0 aromatic heterocycles. The summed E-state index contributed by atoms with van der Waals surface area (Å²) in [5, 5.41) is 4.33. The van der Waals surface area contributed by atoms with Crippen LogP contribution in [-0.2, 0) is 5.54 Å². The van der Waals surface area contributed by atoms with Gasteiger partial charge in [0.2, 0.25) is 5.54 Å². The average Bonchev–Trinajstić information content (AvgIpc) is 2.35. The molecule has 0 fully saturated rings. The van der Waals surface area contributed by atoms with Crippen LogP contribution < -0.4 is 10.6 Å². The number of fused-ring (bicyclic) bond motifs is 1. The zero-order chi connectivity index (χ0) is 15.0. The minimum atomic E-state index is -4.77. The summed E-state index contributed by atoms with van der Waals surface area (Å²) in [6.07, 6.45) is -4.54. The van der Waals surface area contributed by atoms with Crippen molar-refractivity contribution >= 4 is 23.3 Å². The lowest BCUT2D eigenvalue weighted by atomic mass is 9.86. The number of alkyl halides is 3. The molecule has 1 atom stereocenters. The first kappa shape index (κ1) is 14.5. The number of urea groups is 1. The van der Waals surface area contributed by atoms with Crippen LogP contribution in [0.4, 0.5) is 23.7 Å². The zero-order valence-electron chi connectivity index (χ0n) is 10.4. The number of benzene rings is 1. The van der Waals surface area contributed by atoms with Crippen LogP contribution in [0, 0.1) is 11.8 Å². The smallest absolute Gasteiger partial charge is 0.310 e. The number of carbonyl (C=O) groups excluding carboxylic acids is 1. The van der Waals surface area contributed by atoms with E-state index in [0.717, 1.165) is 6.07 Å². The molecule has 1 aliphatic rings. The van der Waals surface area contributed by atoms with Gasteiger partial charge >= 0.3 is 12.2 Å². The van der Waals surface area contributed by atoms with Gasteiger partial charge in [-0.05, 0) is 18.2 Å². The van der Waals surface area contributed by atoms with E-state index < -0.39 is 17.7 Å². The van der Waals surface area contributed by atoms with Gasteiger partial charge in [-0.15, -0.1) is 5.92 Å². The van der Waals surface area contributed by atoms with Gasteiger partial charge < -0.3 is 10.6 Å². The van der Waals surface area contributed by atoms with Gasteiger partial charge in [0.15, 0.2) is 0 Å². The topological polar surface area (TPSA) is 41.1 Å². The first-order valence-electron chi connectivity index (χ1n) is 5.76. The predicted molar refractivity (Wildman–Crippen MR) is 69.4 cm³/mol. The van der Waals surface area contributed by atoms with Crippen molar-refractivity contribution in [2.24, 2.45) is 0 Å². The minimum absolute atomic E-state index is 0.0425. The highest BCUT2D eigenvalue weighted by Crippen LogP contribution is 2.44. The normalized spacial score (nSPS) is 21.1. The molecule has 1 aromatic carbocycles. The summed E-state index contributed by atoms with van der Waals surface area (Å²) in [6, 6.07) is 2.93. The van der Waals surface area contributed by atoms with E-state index in [4.69, 9.17) is 11.6 Å². The quantitative estimate of drug-likeness (QED) is 0.706. The zero-order valence-corrected chi connectivity index (χ0v) is 11.1. The van der Waals surface area contributed by atoms with Crippen LogP contribution in [0.25, 0.3) is 0 Å². The van der Waals surface area contributed by atoms with Crippen molar-refractivity contribution in [3.63, 3.8) is 0 Å². The van der Waals surface area contributed by atoms with Crippen molar-refractivity contribution in [2.75, 3.05) is 5.32 Å². The van der Waals surface area contributed by atoms with E-state index in [1.54, 1.807) is 6.92 Å². The van der Waals surface area contributed by atoms with Crippen molar-refractivity contribution in [1.29, 1.82) is 0 Å². The second-order valence-corrected chi connectivity index (χ2v) is 4.61. The Labute approximate surface area is 118 Å². The molecule has 106 valence electrons.